The van der Waals surface area contributed by atoms with Gasteiger partial charge >= 0.3 is 0 Å². The standard InChI is InChI=1S/C17H13N3O2/c1-10-16(21)19-13-8-4-2-6-11(13)15-18-14-9-5-3-7-12(14)17(22)20(10)15/h2-10H,1H3,(H,19,21)/t10-/m1/s1. The van der Waals surface area contributed by atoms with Crippen molar-refractivity contribution in [2.45, 2.75) is 13.0 Å². The van der Waals surface area contributed by atoms with Gasteiger partial charge < -0.3 is 5.32 Å². The zero-order chi connectivity index (χ0) is 15.3. The molecule has 1 atom stereocenters. The maximum Gasteiger partial charge on any atom is 0.262 e. The van der Waals surface area contributed by atoms with E-state index >= 15 is 0 Å². The summed E-state index contributed by atoms with van der Waals surface area (Å²) in [6.45, 7) is 1.71. The molecule has 0 saturated carbocycles. The number of amides is 1. The lowest BCUT2D eigenvalue weighted by molar-refractivity contribution is -0.118. The Hall–Kier alpha value is -2.95. The zero-order valence-electron chi connectivity index (χ0n) is 11.9. The molecule has 1 aromatic heterocycles. The minimum atomic E-state index is -0.619. The molecular weight excluding hydrogens is 278 g/mol. The Bertz CT molecular complexity index is 975. The van der Waals surface area contributed by atoms with Crippen molar-refractivity contribution >= 4 is 22.5 Å². The maximum absolute atomic E-state index is 12.8. The van der Waals surface area contributed by atoms with E-state index in [4.69, 9.17) is 0 Å². The summed E-state index contributed by atoms with van der Waals surface area (Å²) in [5, 5.41) is 3.38. The Morgan fingerprint density at radius 3 is 2.64 bits per heavy atom. The van der Waals surface area contributed by atoms with Gasteiger partial charge in [0.05, 0.1) is 16.6 Å². The number of fused-ring (bicyclic) bond motifs is 4. The first-order valence-corrected chi connectivity index (χ1v) is 7.08. The van der Waals surface area contributed by atoms with Crippen LogP contribution in [0, 0.1) is 0 Å². The second-order valence-electron chi connectivity index (χ2n) is 5.34. The highest BCUT2D eigenvalue weighted by Crippen LogP contribution is 2.31. The van der Waals surface area contributed by atoms with Crippen LogP contribution in [0.1, 0.15) is 13.0 Å². The number of nitrogens with one attached hydrogen (secondary N) is 1. The third-order valence-electron chi connectivity index (χ3n) is 4.00. The second-order valence-corrected chi connectivity index (χ2v) is 5.34. The average molecular weight is 291 g/mol. The van der Waals surface area contributed by atoms with Crippen LogP contribution in [0.3, 0.4) is 0 Å². The first-order chi connectivity index (χ1) is 10.7. The van der Waals surface area contributed by atoms with Crippen LogP contribution in [0.4, 0.5) is 5.69 Å². The third-order valence-corrected chi connectivity index (χ3v) is 4.00. The lowest BCUT2D eigenvalue weighted by Gasteiger charge is -2.15. The Kier molecular flexibility index (Phi) is 2.63. The molecule has 2 aromatic carbocycles. The van der Waals surface area contributed by atoms with E-state index in [1.165, 1.54) is 4.57 Å². The third kappa shape index (κ3) is 1.69. The fourth-order valence-corrected chi connectivity index (χ4v) is 2.84. The Balaban J connectivity index is 2.19. The van der Waals surface area contributed by atoms with Crippen LogP contribution in [0.25, 0.3) is 22.3 Å². The van der Waals surface area contributed by atoms with Gasteiger partial charge in [0.2, 0.25) is 5.91 Å². The highest BCUT2D eigenvalue weighted by atomic mass is 16.2. The number of carbonyl (C=O) groups is 1. The van der Waals surface area contributed by atoms with E-state index < -0.39 is 6.04 Å². The van der Waals surface area contributed by atoms with Crippen LogP contribution in [0.2, 0.25) is 0 Å². The highest BCUT2D eigenvalue weighted by molar-refractivity contribution is 5.99. The summed E-state index contributed by atoms with van der Waals surface area (Å²) in [5.41, 5.74) is 1.87. The molecule has 0 radical (unpaired) electrons. The molecule has 22 heavy (non-hydrogen) atoms. The van der Waals surface area contributed by atoms with Gasteiger partial charge in [0.25, 0.3) is 5.56 Å². The van der Waals surface area contributed by atoms with Crippen molar-refractivity contribution in [3.05, 3.63) is 58.9 Å². The lowest BCUT2D eigenvalue weighted by atomic mass is 10.1. The molecular formula is C17H13N3O2. The molecule has 1 N–H and O–H groups in total. The van der Waals surface area contributed by atoms with Crippen molar-refractivity contribution in [2.75, 3.05) is 5.32 Å². The number of anilines is 1. The molecule has 0 unspecified atom stereocenters. The summed E-state index contributed by atoms with van der Waals surface area (Å²) < 4.78 is 1.48. The van der Waals surface area contributed by atoms with Gasteiger partial charge in [-0.3, -0.25) is 14.2 Å². The number of carbonyl (C=O) groups excluding carboxylic acids is 1. The van der Waals surface area contributed by atoms with Crippen LogP contribution in [0.15, 0.2) is 53.3 Å². The molecule has 1 aliphatic rings. The molecule has 2 heterocycles. The molecule has 5 nitrogen and oxygen atoms in total. The zero-order valence-corrected chi connectivity index (χ0v) is 11.9. The molecule has 108 valence electrons. The Morgan fingerprint density at radius 1 is 1.05 bits per heavy atom. The molecule has 0 fully saturated rings. The number of aromatic nitrogens is 2. The largest absolute Gasteiger partial charge is 0.324 e. The fourth-order valence-electron chi connectivity index (χ4n) is 2.84. The van der Waals surface area contributed by atoms with Gasteiger partial charge in [-0.15, -0.1) is 0 Å². The molecule has 3 aromatic rings. The second kappa shape index (κ2) is 4.53. The van der Waals surface area contributed by atoms with Crippen LogP contribution in [0.5, 0.6) is 0 Å². The van der Waals surface area contributed by atoms with E-state index in [1.807, 2.05) is 36.4 Å². The predicted molar refractivity (Wildman–Crippen MR) is 84.8 cm³/mol. The maximum atomic E-state index is 12.8. The summed E-state index contributed by atoms with van der Waals surface area (Å²) in [7, 11) is 0. The smallest absolute Gasteiger partial charge is 0.262 e. The summed E-state index contributed by atoms with van der Waals surface area (Å²) >= 11 is 0. The molecule has 4 rings (SSSR count). The molecule has 0 aliphatic carbocycles. The Morgan fingerprint density at radius 2 is 1.77 bits per heavy atom. The molecule has 5 heteroatoms. The van der Waals surface area contributed by atoms with Gasteiger partial charge in [0.1, 0.15) is 11.9 Å². The average Bonchev–Trinajstić information content (AvgIpc) is 2.64. The molecule has 1 aliphatic heterocycles. The summed E-state index contributed by atoms with van der Waals surface area (Å²) in [4.78, 5) is 29.8. The van der Waals surface area contributed by atoms with E-state index in [2.05, 4.69) is 10.3 Å². The normalized spacial score (nSPS) is 16.6. The van der Waals surface area contributed by atoms with E-state index in [0.717, 1.165) is 5.56 Å². The number of hydrogen-bond acceptors (Lipinski definition) is 3. The van der Waals surface area contributed by atoms with Crippen molar-refractivity contribution in [2.24, 2.45) is 0 Å². The van der Waals surface area contributed by atoms with Crippen molar-refractivity contribution in [3.8, 4) is 11.4 Å². The summed E-state index contributed by atoms with van der Waals surface area (Å²) in [6.07, 6.45) is 0. The van der Waals surface area contributed by atoms with Gasteiger partial charge in [-0.05, 0) is 31.2 Å². The van der Waals surface area contributed by atoms with Crippen LogP contribution < -0.4 is 10.9 Å². The van der Waals surface area contributed by atoms with Crippen molar-refractivity contribution < 1.29 is 4.79 Å². The molecule has 1 amide bonds. The van der Waals surface area contributed by atoms with Crippen LogP contribution in [-0.4, -0.2) is 15.5 Å². The summed E-state index contributed by atoms with van der Waals surface area (Å²) in [6, 6.07) is 14.0. The number of rotatable bonds is 0. The molecule has 0 saturated heterocycles. The van der Waals surface area contributed by atoms with Crippen LogP contribution in [-0.2, 0) is 4.79 Å². The first kappa shape index (κ1) is 12.8. The number of para-hydroxylation sites is 2. The van der Waals surface area contributed by atoms with Crippen LogP contribution >= 0.6 is 0 Å². The predicted octanol–water partition coefficient (Wildman–Crippen LogP) is 2.58. The van der Waals surface area contributed by atoms with E-state index in [0.29, 0.717) is 22.4 Å². The van der Waals surface area contributed by atoms with Gasteiger partial charge in [0, 0.05) is 5.56 Å². The van der Waals surface area contributed by atoms with Gasteiger partial charge in [-0.1, -0.05) is 24.3 Å². The monoisotopic (exact) mass is 291 g/mol. The van der Waals surface area contributed by atoms with E-state index in [-0.39, 0.29) is 11.5 Å². The minimum Gasteiger partial charge on any atom is -0.324 e. The topological polar surface area (TPSA) is 64.0 Å². The van der Waals surface area contributed by atoms with Crippen molar-refractivity contribution in [1.29, 1.82) is 0 Å². The number of hydrogen-bond donors (Lipinski definition) is 1. The van der Waals surface area contributed by atoms with Gasteiger partial charge in [-0.2, -0.15) is 0 Å². The quantitative estimate of drug-likeness (QED) is 0.692. The van der Waals surface area contributed by atoms with Crippen molar-refractivity contribution in [1.82, 2.24) is 9.55 Å². The minimum absolute atomic E-state index is 0.194. The Labute approximate surface area is 126 Å². The van der Waals surface area contributed by atoms with Gasteiger partial charge in [0.15, 0.2) is 0 Å². The molecule has 0 spiro atoms. The highest BCUT2D eigenvalue weighted by Gasteiger charge is 2.27. The lowest BCUT2D eigenvalue weighted by Crippen LogP contribution is -2.31. The van der Waals surface area contributed by atoms with Gasteiger partial charge in [-0.25, -0.2) is 4.98 Å². The van der Waals surface area contributed by atoms with Crippen molar-refractivity contribution in [3.63, 3.8) is 0 Å². The number of nitrogens with zero attached hydrogens (tertiary/aromatic N) is 2. The summed E-state index contributed by atoms with van der Waals surface area (Å²) in [5.74, 6) is 0.301. The SMILES string of the molecule is C[C@@H]1C(=O)Nc2ccccc2-c2nc3ccccc3c(=O)n21. The van der Waals surface area contributed by atoms with E-state index in [9.17, 15) is 9.59 Å². The molecule has 0 bridgehead atoms. The fraction of sp³-hybridized carbons (Fsp3) is 0.118. The number of benzene rings is 2. The van der Waals surface area contributed by atoms with E-state index in [1.54, 1.807) is 19.1 Å². The first-order valence-electron chi connectivity index (χ1n) is 7.08.